The quantitative estimate of drug-likeness (QED) is 0.876. The number of likely N-dealkylation sites (N-methyl/N-ethyl adjacent to an activating group) is 1. The van der Waals surface area contributed by atoms with Crippen molar-refractivity contribution in [3.63, 3.8) is 0 Å². The van der Waals surface area contributed by atoms with Crippen molar-refractivity contribution in [2.75, 3.05) is 27.2 Å². The first-order valence-corrected chi connectivity index (χ1v) is 8.74. The summed E-state index contributed by atoms with van der Waals surface area (Å²) in [6.07, 6.45) is 2.71. The van der Waals surface area contributed by atoms with Crippen LogP contribution in [-0.4, -0.2) is 66.1 Å². The van der Waals surface area contributed by atoms with Crippen LogP contribution < -0.4 is 10.1 Å². The molecule has 3 heterocycles. The van der Waals surface area contributed by atoms with Gasteiger partial charge in [-0.1, -0.05) is 6.07 Å². The highest BCUT2D eigenvalue weighted by atomic mass is 16.5. The molecule has 0 aliphatic carbocycles. The van der Waals surface area contributed by atoms with Crippen LogP contribution in [0, 0.1) is 5.92 Å². The number of methoxy groups -OCH3 is 1. The maximum atomic E-state index is 12.2. The number of nitrogens with zero attached hydrogens (tertiary/aromatic N) is 3. The number of carbonyl (C=O) groups excluding carboxylic acids is 1. The zero-order valence-corrected chi connectivity index (χ0v) is 15.0. The van der Waals surface area contributed by atoms with Gasteiger partial charge in [-0.15, -0.1) is 0 Å². The minimum absolute atomic E-state index is 0.0140. The molecule has 3 atom stereocenters. The summed E-state index contributed by atoms with van der Waals surface area (Å²) in [5.41, 5.74) is 1.12. The van der Waals surface area contributed by atoms with Gasteiger partial charge < -0.3 is 10.1 Å². The Kier molecular flexibility index (Phi) is 5.06. The van der Waals surface area contributed by atoms with E-state index in [1.165, 1.54) is 0 Å². The van der Waals surface area contributed by atoms with Crippen molar-refractivity contribution in [3.05, 3.63) is 23.9 Å². The Morgan fingerprint density at radius 3 is 2.92 bits per heavy atom. The van der Waals surface area contributed by atoms with Gasteiger partial charge in [0.15, 0.2) is 0 Å². The SMILES string of the molecule is CNC(=O)[C@@H]1C[C@H]2CN(Cc3cccnc3OC)C[C@H]2N1C(C)C. The van der Waals surface area contributed by atoms with Gasteiger partial charge in [0, 0.05) is 50.5 Å². The summed E-state index contributed by atoms with van der Waals surface area (Å²) in [5, 5.41) is 2.83. The van der Waals surface area contributed by atoms with Crippen LogP contribution in [0.1, 0.15) is 25.8 Å². The lowest BCUT2D eigenvalue weighted by Gasteiger charge is -2.33. The highest BCUT2D eigenvalue weighted by Crippen LogP contribution is 2.38. The number of amides is 1. The second-order valence-electron chi connectivity index (χ2n) is 7.10. The minimum atomic E-state index is 0.0140. The van der Waals surface area contributed by atoms with Crippen LogP contribution >= 0.6 is 0 Å². The van der Waals surface area contributed by atoms with E-state index < -0.39 is 0 Å². The number of fused-ring (bicyclic) bond motifs is 1. The average molecular weight is 332 g/mol. The zero-order valence-electron chi connectivity index (χ0n) is 15.0. The van der Waals surface area contributed by atoms with Gasteiger partial charge >= 0.3 is 0 Å². The van der Waals surface area contributed by atoms with E-state index in [0.717, 1.165) is 31.6 Å². The number of rotatable bonds is 5. The molecule has 1 amide bonds. The Hall–Kier alpha value is -1.66. The van der Waals surface area contributed by atoms with E-state index in [2.05, 4.69) is 40.0 Å². The van der Waals surface area contributed by atoms with Crippen LogP contribution in [0.15, 0.2) is 18.3 Å². The Morgan fingerprint density at radius 1 is 1.46 bits per heavy atom. The van der Waals surface area contributed by atoms with E-state index in [0.29, 0.717) is 23.9 Å². The fraction of sp³-hybridized carbons (Fsp3) is 0.667. The topological polar surface area (TPSA) is 57.7 Å². The van der Waals surface area contributed by atoms with Gasteiger partial charge in [-0.3, -0.25) is 14.6 Å². The number of hydrogen-bond donors (Lipinski definition) is 1. The summed E-state index contributed by atoms with van der Waals surface area (Å²) in [5.74, 6) is 1.41. The van der Waals surface area contributed by atoms with Crippen molar-refractivity contribution in [2.24, 2.45) is 5.92 Å². The highest BCUT2D eigenvalue weighted by Gasteiger charge is 2.49. The molecule has 1 aromatic heterocycles. The van der Waals surface area contributed by atoms with Crippen molar-refractivity contribution in [3.8, 4) is 5.88 Å². The van der Waals surface area contributed by atoms with Crippen LogP contribution in [0.3, 0.4) is 0 Å². The summed E-state index contributed by atoms with van der Waals surface area (Å²) in [4.78, 5) is 21.4. The number of ether oxygens (including phenoxy) is 1. The van der Waals surface area contributed by atoms with Crippen molar-refractivity contribution >= 4 is 5.91 Å². The standard InChI is InChI=1S/C18H28N4O2/c1-12(2)22-15(17(23)19-3)8-14-10-21(11-16(14)22)9-13-6-5-7-20-18(13)24-4/h5-7,12,14-16H,8-11H2,1-4H3,(H,19,23)/t14-,15-,16+/m0/s1. The molecule has 0 bridgehead atoms. The van der Waals surface area contributed by atoms with E-state index >= 15 is 0 Å². The zero-order chi connectivity index (χ0) is 17.3. The average Bonchev–Trinajstić information content (AvgIpc) is 3.11. The molecule has 2 aliphatic rings. The van der Waals surface area contributed by atoms with Crippen LogP contribution in [0.5, 0.6) is 5.88 Å². The molecule has 6 nitrogen and oxygen atoms in total. The molecule has 0 radical (unpaired) electrons. The van der Waals surface area contributed by atoms with Crippen molar-refractivity contribution in [1.82, 2.24) is 20.1 Å². The fourth-order valence-electron chi connectivity index (χ4n) is 4.40. The van der Waals surface area contributed by atoms with Gasteiger partial charge in [-0.25, -0.2) is 4.98 Å². The van der Waals surface area contributed by atoms with Crippen LogP contribution in [0.4, 0.5) is 0 Å². The summed E-state index contributed by atoms with van der Waals surface area (Å²) < 4.78 is 5.37. The van der Waals surface area contributed by atoms with E-state index in [4.69, 9.17) is 4.74 Å². The third-order valence-electron chi connectivity index (χ3n) is 5.33. The van der Waals surface area contributed by atoms with E-state index in [1.54, 1.807) is 20.4 Å². The highest BCUT2D eigenvalue weighted by molar-refractivity contribution is 5.82. The van der Waals surface area contributed by atoms with Crippen molar-refractivity contribution < 1.29 is 9.53 Å². The normalized spacial score (nSPS) is 27.5. The molecule has 3 rings (SSSR count). The number of carbonyl (C=O) groups is 1. The second-order valence-corrected chi connectivity index (χ2v) is 7.10. The van der Waals surface area contributed by atoms with Gasteiger partial charge in [0.1, 0.15) is 0 Å². The third kappa shape index (κ3) is 3.13. The molecule has 0 spiro atoms. The van der Waals surface area contributed by atoms with Gasteiger partial charge in [-0.2, -0.15) is 0 Å². The Balaban J connectivity index is 1.71. The minimum Gasteiger partial charge on any atom is -0.481 e. The molecule has 6 heteroatoms. The van der Waals surface area contributed by atoms with Crippen LogP contribution in [0.25, 0.3) is 0 Å². The van der Waals surface area contributed by atoms with Gasteiger partial charge in [0.05, 0.1) is 13.2 Å². The predicted octanol–water partition coefficient (Wildman–Crippen LogP) is 1.12. The van der Waals surface area contributed by atoms with E-state index in [-0.39, 0.29) is 11.9 Å². The molecule has 0 aromatic carbocycles. The number of nitrogens with one attached hydrogen (secondary N) is 1. The first-order chi connectivity index (χ1) is 11.5. The summed E-state index contributed by atoms with van der Waals surface area (Å²) in [7, 11) is 3.40. The molecular weight excluding hydrogens is 304 g/mol. The molecule has 2 saturated heterocycles. The third-order valence-corrected chi connectivity index (χ3v) is 5.33. The lowest BCUT2D eigenvalue weighted by atomic mass is 10.0. The van der Waals surface area contributed by atoms with E-state index in [9.17, 15) is 4.79 Å². The summed E-state index contributed by atoms with van der Waals surface area (Å²) >= 11 is 0. The first-order valence-electron chi connectivity index (χ1n) is 8.74. The molecule has 132 valence electrons. The lowest BCUT2D eigenvalue weighted by molar-refractivity contribution is -0.126. The first kappa shape index (κ1) is 17.2. The molecule has 1 aromatic rings. The Labute approximate surface area is 144 Å². The Bertz CT molecular complexity index is 592. The van der Waals surface area contributed by atoms with Gasteiger partial charge in [0.25, 0.3) is 0 Å². The smallest absolute Gasteiger partial charge is 0.237 e. The second kappa shape index (κ2) is 7.07. The number of aromatic nitrogens is 1. The molecular formula is C18H28N4O2. The molecule has 0 unspecified atom stereocenters. The number of hydrogen-bond acceptors (Lipinski definition) is 5. The molecule has 2 aliphatic heterocycles. The largest absolute Gasteiger partial charge is 0.481 e. The van der Waals surface area contributed by atoms with E-state index in [1.807, 2.05) is 6.07 Å². The summed E-state index contributed by atoms with van der Waals surface area (Å²) in [6, 6.07) is 4.87. The maximum Gasteiger partial charge on any atom is 0.237 e. The molecule has 24 heavy (non-hydrogen) atoms. The summed E-state index contributed by atoms with van der Waals surface area (Å²) in [6.45, 7) is 7.24. The fourth-order valence-corrected chi connectivity index (χ4v) is 4.40. The maximum absolute atomic E-state index is 12.2. The monoisotopic (exact) mass is 332 g/mol. The van der Waals surface area contributed by atoms with Gasteiger partial charge in [0.2, 0.25) is 11.8 Å². The molecule has 2 fully saturated rings. The van der Waals surface area contributed by atoms with Gasteiger partial charge in [-0.05, 0) is 32.3 Å². The molecule has 0 saturated carbocycles. The number of pyridine rings is 1. The van der Waals surface area contributed by atoms with Crippen LogP contribution in [0.2, 0.25) is 0 Å². The predicted molar refractivity (Wildman–Crippen MR) is 92.8 cm³/mol. The van der Waals surface area contributed by atoms with Crippen LogP contribution in [-0.2, 0) is 11.3 Å². The number of likely N-dealkylation sites (tertiary alicyclic amines) is 2. The van der Waals surface area contributed by atoms with Crippen molar-refractivity contribution in [2.45, 2.75) is 44.9 Å². The Morgan fingerprint density at radius 2 is 2.25 bits per heavy atom. The van der Waals surface area contributed by atoms with Crippen molar-refractivity contribution in [1.29, 1.82) is 0 Å². The lowest BCUT2D eigenvalue weighted by Crippen LogP contribution is -2.50. The molecule has 1 N–H and O–H groups in total.